The van der Waals surface area contributed by atoms with Gasteiger partial charge in [0.2, 0.25) is 17.7 Å². The van der Waals surface area contributed by atoms with Crippen LogP contribution in [0.3, 0.4) is 0 Å². The highest BCUT2D eigenvalue weighted by atomic mass is 16.5. The maximum absolute atomic E-state index is 12.6. The van der Waals surface area contributed by atoms with Gasteiger partial charge >= 0.3 is 5.97 Å². The summed E-state index contributed by atoms with van der Waals surface area (Å²) < 4.78 is 5.05. The van der Waals surface area contributed by atoms with E-state index in [0.29, 0.717) is 12.1 Å². The standard InChI is InChI=1S/C24H31N5O7/c1-4-15-9-17(6-5-16(15)13-36-22(34)10-25)27-18(30)11-26-24(35)23(14(2)3)28-19(31)12-29-20(32)7-8-21(29)33/h5-9,14,23H,4,10-13,25H2,1-3H3,(H,26,35)(H,27,30)(H,28,31). The van der Waals surface area contributed by atoms with Gasteiger partial charge in [0.1, 0.15) is 19.2 Å². The average molecular weight is 502 g/mol. The Kier molecular flexibility index (Phi) is 10.3. The fourth-order valence-electron chi connectivity index (χ4n) is 3.36. The van der Waals surface area contributed by atoms with Crippen molar-refractivity contribution >= 4 is 41.2 Å². The van der Waals surface area contributed by atoms with E-state index in [1.807, 2.05) is 6.92 Å². The van der Waals surface area contributed by atoms with Gasteiger partial charge in [-0.3, -0.25) is 33.7 Å². The molecule has 194 valence electrons. The van der Waals surface area contributed by atoms with Crippen molar-refractivity contribution in [1.29, 1.82) is 0 Å². The topological polar surface area (TPSA) is 177 Å². The smallest absolute Gasteiger partial charge is 0.320 e. The number of esters is 1. The number of carbonyl (C=O) groups is 6. The minimum atomic E-state index is -0.978. The molecule has 0 aliphatic carbocycles. The Morgan fingerprint density at radius 1 is 1.03 bits per heavy atom. The van der Waals surface area contributed by atoms with Crippen molar-refractivity contribution in [2.75, 3.05) is 25.0 Å². The summed E-state index contributed by atoms with van der Waals surface area (Å²) in [5.74, 6) is -3.80. The van der Waals surface area contributed by atoms with Crippen LogP contribution in [-0.2, 0) is 46.5 Å². The van der Waals surface area contributed by atoms with Crippen LogP contribution in [0.5, 0.6) is 0 Å². The quantitative estimate of drug-likeness (QED) is 0.216. The van der Waals surface area contributed by atoms with Crippen molar-refractivity contribution < 1.29 is 33.5 Å². The molecule has 1 aliphatic rings. The summed E-state index contributed by atoms with van der Waals surface area (Å²) in [5, 5.41) is 7.67. The number of carbonyl (C=O) groups excluding carboxylic acids is 6. The molecule has 0 fully saturated rings. The maximum atomic E-state index is 12.6. The summed E-state index contributed by atoms with van der Waals surface area (Å²) in [6, 6.07) is 4.15. The largest absolute Gasteiger partial charge is 0.460 e. The lowest BCUT2D eigenvalue weighted by atomic mass is 10.0. The molecule has 0 radical (unpaired) electrons. The summed E-state index contributed by atoms with van der Waals surface area (Å²) in [7, 11) is 0. The van der Waals surface area contributed by atoms with E-state index in [9.17, 15) is 28.8 Å². The number of nitrogens with one attached hydrogen (secondary N) is 3. The van der Waals surface area contributed by atoms with Crippen molar-refractivity contribution in [1.82, 2.24) is 15.5 Å². The van der Waals surface area contributed by atoms with Crippen LogP contribution in [0.4, 0.5) is 5.69 Å². The molecule has 0 spiro atoms. The third-order valence-corrected chi connectivity index (χ3v) is 5.32. The van der Waals surface area contributed by atoms with Gasteiger partial charge < -0.3 is 26.4 Å². The lowest BCUT2D eigenvalue weighted by Crippen LogP contribution is -2.53. The van der Waals surface area contributed by atoms with Crippen molar-refractivity contribution in [3.63, 3.8) is 0 Å². The zero-order valence-electron chi connectivity index (χ0n) is 20.5. The Labute approximate surface area is 208 Å². The number of ether oxygens (including phenoxy) is 1. The van der Waals surface area contributed by atoms with Gasteiger partial charge in [0.05, 0.1) is 13.1 Å². The minimum absolute atomic E-state index is 0.0718. The van der Waals surface area contributed by atoms with Gasteiger partial charge in [-0.2, -0.15) is 0 Å². The van der Waals surface area contributed by atoms with Crippen LogP contribution in [0.1, 0.15) is 31.9 Å². The molecule has 1 aliphatic heterocycles. The van der Waals surface area contributed by atoms with Crippen LogP contribution < -0.4 is 21.7 Å². The zero-order valence-corrected chi connectivity index (χ0v) is 20.5. The van der Waals surface area contributed by atoms with E-state index in [4.69, 9.17) is 10.5 Å². The number of rotatable bonds is 12. The molecule has 1 unspecified atom stereocenters. The Morgan fingerprint density at radius 2 is 1.69 bits per heavy atom. The molecular formula is C24H31N5O7. The molecule has 5 N–H and O–H groups in total. The second kappa shape index (κ2) is 13.1. The van der Waals surface area contributed by atoms with E-state index >= 15 is 0 Å². The second-order valence-corrected chi connectivity index (χ2v) is 8.35. The summed E-state index contributed by atoms with van der Waals surface area (Å²) in [6.45, 7) is 4.33. The molecule has 12 heteroatoms. The van der Waals surface area contributed by atoms with Gasteiger partial charge in [0.25, 0.3) is 11.8 Å². The number of anilines is 1. The van der Waals surface area contributed by atoms with Crippen LogP contribution in [0.2, 0.25) is 0 Å². The Balaban J connectivity index is 1.89. The molecule has 1 atom stereocenters. The Bertz CT molecular complexity index is 1050. The van der Waals surface area contributed by atoms with E-state index in [2.05, 4.69) is 16.0 Å². The number of amides is 5. The molecule has 12 nitrogen and oxygen atoms in total. The lowest BCUT2D eigenvalue weighted by molar-refractivity contribution is -0.143. The van der Waals surface area contributed by atoms with Crippen molar-refractivity contribution in [3.05, 3.63) is 41.5 Å². The van der Waals surface area contributed by atoms with Crippen molar-refractivity contribution in [2.24, 2.45) is 11.7 Å². The van der Waals surface area contributed by atoms with E-state index in [1.54, 1.807) is 32.0 Å². The molecule has 0 saturated heterocycles. The van der Waals surface area contributed by atoms with E-state index in [-0.39, 0.29) is 25.6 Å². The van der Waals surface area contributed by atoms with Crippen LogP contribution in [0.25, 0.3) is 0 Å². The van der Waals surface area contributed by atoms with Crippen LogP contribution in [-0.4, -0.2) is 66.1 Å². The van der Waals surface area contributed by atoms with Crippen LogP contribution >= 0.6 is 0 Å². The first-order valence-corrected chi connectivity index (χ1v) is 11.4. The molecule has 0 saturated carbocycles. The molecule has 1 aromatic rings. The lowest BCUT2D eigenvalue weighted by Gasteiger charge is -2.23. The number of hydrogen-bond acceptors (Lipinski definition) is 8. The SMILES string of the molecule is CCc1cc(NC(=O)CNC(=O)C(NC(=O)CN2C(=O)C=CC2=O)C(C)C)ccc1COC(=O)CN. The third-order valence-electron chi connectivity index (χ3n) is 5.32. The zero-order chi connectivity index (χ0) is 26.8. The number of imide groups is 1. The van der Waals surface area contributed by atoms with Crippen LogP contribution in [0.15, 0.2) is 30.4 Å². The summed E-state index contributed by atoms with van der Waals surface area (Å²) in [4.78, 5) is 72.6. The van der Waals surface area contributed by atoms with Gasteiger partial charge in [-0.05, 0) is 35.6 Å². The highest BCUT2D eigenvalue weighted by Gasteiger charge is 2.29. The number of nitrogens with two attached hydrogens (primary N) is 1. The maximum Gasteiger partial charge on any atom is 0.320 e. The predicted octanol–water partition coefficient (Wildman–Crippen LogP) is -0.629. The van der Waals surface area contributed by atoms with Gasteiger partial charge in [0, 0.05) is 17.8 Å². The van der Waals surface area contributed by atoms with Gasteiger partial charge in [0.15, 0.2) is 0 Å². The summed E-state index contributed by atoms with van der Waals surface area (Å²) in [5.41, 5.74) is 7.39. The van der Waals surface area contributed by atoms with E-state index in [1.165, 1.54) is 0 Å². The number of benzene rings is 1. The monoisotopic (exact) mass is 501 g/mol. The predicted molar refractivity (Wildman–Crippen MR) is 129 cm³/mol. The van der Waals surface area contributed by atoms with Crippen LogP contribution in [0, 0.1) is 5.92 Å². The molecule has 0 bridgehead atoms. The number of aryl methyl sites for hydroxylation is 1. The molecule has 36 heavy (non-hydrogen) atoms. The van der Waals surface area contributed by atoms with Gasteiger partial charge in [-0.15, -0.1) is 0 Å². The Hall–Kier alpha value is -4.06. The molecule has 1 heterocycles. The van der Waals surface area contributed by atoms with Crippen molar-refractivity contribution in [2.45, 2.75) is 39.8 Å². The Morgan fingerprint density at radius 3 is 2.28 bits per heavy atom. The third kappa shape index (κ3) is 8.01. The molecular weight excluding hydrogens is 470 g/mol. The van der Waals surface area contributed by atoms with E-state index < -0.39 is 48.1 Å². The fraction of sp³-hybridized carbons (Fsp3) is 0.417. The molecule has 1 aromatic carbocycles. The first kappa shape index (κ1) is 28.2. The highest BCUT2D eigenvalue weighted by molar-refractivity contribution is 6.14. The molecule has 0 aromatic heterocycles. The first-order chi connectivity index (χ1) is 17.0. The summed E-state index contributed by atoms with van der Waals surface area (Å²) in [6.07, 6.45) is 2.76. The molecule has 2 rings (SSSR count). The van der Waals surface area contributed by atoms with Gasteiger partial charge in [-0.1, -0.05) is 26.8 Å². The number of hydrogen-bond donors (Lipinski definition) is 4. The normalized spacial score (nSPS) is 13.5. The first-order valence-electron chi connectivity index (χ1n) is 11.4. The second-order valence-electron chi connectivity index (χ2n) is 8.35. The van der Waals surface area contributed by atoms with Gasteiger partial charge in [-0.25, -0.2) is 0 Å². The van der Waals surface area contributed by atoms with E-state index in [0.717, 1.165) is 28.2 Å². The highest BCUT2D eigenvalue weighted by Crippen LogP contribution is 2.18. The average Bonchev–Trinajstić information content (AvgIpc) is 3.16. The van der Waals surface area contributed by atoms with Crippen molar-refractivity contribution in [3.8, 4) is 0 Å². The number of nitrogens with zero attached hydrogens (tertiary/aromatic N) is 1. The summed E-state index contributed by atoms with van der Waals surface area (Å²) >= 11 is 0. The minimum Gasteiger partial charge on any atom is -0.460 e. The fourth-order valence-corrected chi connectivity index (χ4v) is 3.36. The molecule has 5 amide bonds.